The third-order valence-corrected chi connectivity index (χ3v) is 4.46. The minimum Gasteiger partial charge on any atom is -0.378 e. The molecule has 1 aliphatic heterocycles. The van der Waals surface area contributed by atoms with E-state index in [1.807, 2.05) is 0 Å². The van der Waals surface area contributed by atoms with E-state index in [0.29, 0.717) is 0 Å². The normalized spacial score (nSPS) is 22.9. The van der Waals surface area contributed by atoms with Crippen molar-refractivity contribution in [2.75, 3.05) is 19.8 Å². The van der Waals surface area contributed by atoms with Crippen LogP contribution < -0.4 is 5.32 Å². The number of nitrogens with zero attached hydrogens (tertiary/aromatic N) is 1. The van der Waals surface area contributed by atoms with Gasteiger partial charge in [0.2, 0.25) is 0 Å². The van der Waals surface area contributed by atoms with E-state index >= 15 is 0 Å². The van der Waals surface area contributed by atoms with Crippen molar-refractivity contribution < 1.29 is 4.74 Å². The molecule has 0 unspecified atom stereocenters. The lowest BCUT2D eigenvalue weighted by Gasteiger charge is -2.42. The molecule has 0 spiro atoms. The van der Waals surface area contributed by atoms with Crippen LogP contribution in [-0.2, 0) is 17.8 Å². The lowest BCUT2D eigenvalue weighted by molar-refractivity contribution is -0.0553. The summed E-state index contributed by atoms with van der Waals surface area (Å²) in [7, 11) is 0. The van der Waals surface area contributed by atoms with Crippen molar-refractivity contribution in [3.63, 3.8) is 0 Å². The number of hydrogen-bond acceptors (Lipinski definition) is 3. The van der Waals surface area contributed by atoms with Crippen LogP contribution in [0.3, 0.4) is 0 Å². The van der Waals surface area contributed by atoms with E-state index in [2.05, 4.69) is 48.3 Å². The van der Waals surface area contributed by atoms with Gasteiger partial charge in [-0.3, -0.25) is 4.90 Å². The molecule has 0 radical (unpaired) electrons. The van der Waals surface area contributed by atoms with Gasteiger partial charge in [-0.25, -0.2) is 0 Å². The Kier molecular flexibility index (Phi) is 4.11. The molecule has 1 aromatic rings. The van der Waals surface area contributed by atoms with Crippen molar-refractivity contribution in [2.24, 2.45) is 0 Å². The number of morpholine rings is 1. The summed E-state index contributed by atoms with van der Waals surface area (Å²) in [6, 6.07) is 9.61. The Hall–Kier alpha value is -0.900. The molecule has 110 valence electrons. The molecule has 0 amide bonds. The Bertz CT molecular complexity index is 454. The molecule has 2 fully saturated rings. The van der Waals surface area contributed by atoms with Crippen molar-refractivity contribution in [3.8, 4) is 0 Å². The summed E-state index contributed by atoms with van der Waals surface area (Å²) >= 11 is 0. The van der Waals surface area contributed by atoms with Crippen molar-refractivity contribution in [1.29, 1.82) is 0 Å². The summed E-state index contributed by atoms with van der Waals surface area (Å²) in [5, 5.41) is 3.63. The molecule has 1 heterocycles. The topological polar surface area (TPSA) is 24.5 Å². The first kappa shape index (κ1) is 14.1. The number of ether oxygens (including phenoxy) is 1. The Labute approximate surface area is 122 Å². The lowest BCUT2D eigenvalue weighted by Crippen LogP contribution is -2.52. The highest BCUT2D eigenvalue weighted by Gasteiger charge is 2.30. The van der Waals surface area contributed by atoms with E-state index in [1.165, 1.54) is 24.0 Å². The van der Waals surface area contributed by atoms with Crippen LogP contribution in [0.5, 0.6) is 0 Å². The molecule has 3 heteroatoms. The van der Waals surface area contributed by atoms with E-state index in [-0.39, 0.29) is 5.54 Å². The zero-order valence-corrected chi connectivity index (χ0v) is 12.7. The van der Waals surface area contributed by atoms with Gasteiger partial charge in [-0.05, 0) is 37.8 Å². The molecule has 1 saturated heterocycles. The average Bonchev–Trinajstić information content (AvgIpc) is 3.24. The fourth-order valence-corrected chi connectivity index (χ4v) is 2.82. The highest BCUT2D eigenvalue weighted by molar-refractivity contribution is 5.27. The number of nitrogens with one attached hydrogen (secondary N) is 1. The summed E-state index contributed by atoms with van der Waals surface area (Å²) in [5.41, 5.74) is 3.03. The van der Waals surface area contributed by atoms with Gasteiger partial charge in [0, 0.05) is 31.2 Å². The first-order valence-corrected chi connectivity index (χ1v) is 7.78. The maximum Gasteiger partial charge on any atom is 0.0645 e. The van der Waals surface area contributed by atoms with Gasteiger partial charge in [0.25, 0.3) is 0 Å². The molecule has 0 atom stereocenters. The summed E-state index contributed by atoms with van der Waals surface area (Å²) < 4.78 is 5.62. The van der Waals surface area contributed by atoms with Crippen LogP contribution in [0.15, 0.2) is 24.3 Å². The van der Waals surface area contributed by atoms with Gasteiger partial charge in [0.1, 0.15) is 0 Å². The van der Waals surface area contributed by atoms with Gasteiger partial charge in [-0.15, -0.1) is 0 Å². The Morgan fingerprint density at radius 2 is 2.00 bits per heavy atom. The molecule has 0 aromatic heterocycles. The standard InChI is InChI=1S/C17H26N2O/c1-17(2)13-20-10-9-19(17)12-15-6-4-3-5-14(15)11-18-16-7-8-16/h3-6,16,18H,7-13H2,1-2H3. The number of rotatable bonds is 5. The molecule has 3 rings (SSSR count). The van der Waals surface area contributed by atoms with Gasteiger partial charge in [-0.2, -0.15) is 0 Å². The van der Waals surface area contributed by atoms with Crippen molar-refractivity contribution >= 4 is 0 Å². The van der Waals surface area contributed by atoms with Crippen LogP contribution in [0.4, 0.5) is 0 Å². The molecule has 0 bridgehead atoms. The van der Waals surface area contributed by atoms with Crippen LogP contribution in [0.2, 0.25) is 0 Å². The van der Waals surface area contributed by atoms with Crippen LogP contribution in [-0.4, -0.2) is 36.2 Å². The number of hydrogen-bond donors (Lipinski definition) is 1. The minimum atomic E-state index is 0.134. The fourth-order valence-electron chi connectivity index (χ4n) is 2.82. The Balaban J connectivity index is 1.68. The monoisotopic (exact) mass is 274 g/mol. The minimum absolute atomic E-state index is 0.134. The average molecular weight is 274 g/mol. The predicted molar refractivity (Wildman–Crippen MR) is 81.6 cm³/mol. The molecule has 3 nitrogen and oxygen atoms in total. The fraction of sp³-hybridized carbons (Fsp3) is 0.647. The first-order chi connectivity index (χ1) is 9.65. The van der Waals surface area contributed by atoms with E-state index < -0.39 is 0 Å². The van der Waals surface area contributed by atoms with Gasteiger partial charge in [0.05, 0.1) is 13.2 Å². The molecule has 20 heavy (non-hydrogen) atoms. The van der Waals surface area contributed by atoms with Crippen molar-refractivity contribution in [2.45, 2.75) is 51.4 Å². The molecular formula is C17H26N2O. The molecule has 1 N–H and O–H groups in total. The maximum absolute atomic E-state index is 5.62. The van der Waals surface area contributed by atoms with E-state index in [1.54, 1.807) is 0 Å². The van der Waals surface area contributed by atoms with Gasteiger partial charge < -0.3 is 10.1 Å². The Morgan fingerprint density at radius 3 is 2.70 bits per heavy atom. The lowest BCUT2D eigenvalue weighted by atomic mass is 9.99. The second-order valence-electron chi connectivity index (χ2n) is 6.71. The van der Waals surface area contributed by atoms with Gasteiger partial charge in [-0.1, -0.05) is 24.3 Å². The van der Waals surface area contributed by atoms with Crippen LogP contribution >= 0.6 is 0 Å². The molecule has 2 aliphatic rings. The quantitative estimate of drug-likeness (QED) is 0.893. The predicted octanol–water partition coefficient (Wildman–Crippen LogP) is 2.55. The van der Waals surface area contributed by atoms with Crippen LogP contribution in [0.1, 0.15) is 37.8 Å². The summed E-state index contributed by atoms with van der Waals surface area (Å²) in [4.78, 5) is 2.55. The molecule has 1 aliphatic carbocycles. The zero-order valence-electron chi connectivity index (χ0n) is 12.7. The number of benzene rings is 1. The Morgan fingerprint density at radius 1 is 1.25 bits per heavy atom. The molecule has 1 aromatic carbocycles. The van der Waals surface area contributed by atoms with Crippen molar-refractivity contribution in [3.05, 3.63) is 35.4 Å². The van der Waals surface area contributed by atoms with E-state index in [0.717, 1.165) is 38.9 Å². The molecular weight excluding hydrogens is 248 g/mol. The van der Waals surface area contributed by atoms with Gasteiger partial charge in [0.15, 0.2) is 0 Å². The highest BCUT2D eigenvalue weighted by Crippen LogP contribution is 2.24. The second-order valence-corrected chi connectivity index (χ2v) is 6.71. The van der Waals surface area contributed by atoms with E-state index in [9.17, 15) is 0 Å². The van der Waals surface area contributed by atoms with E-state index in [4.69, 9.17) is 4.74 Å². The third kappa shape index (κ3) is 3.40. The third-order valence-electron chi connectivity index (χ3n) is 4.46. The first-order valence-electron chi connectivity index (χ1n) is 7.78. The summed E-state index contributed by atoms with van der Waals surface area (Å²) in [6.45, 7) is 9.29. The van der Waals surface area contributed by atoms with Gasteiger partial charge >= 0.3 is 0 Å². The second kappa shape index (κ2) is 5.84. The summed E-state index contributed by atoms with van der Waals surface area (Å²) in [6.07, 6.45) is 2.69. The summed E-state index contributed by atoms with van der Waals surface area (Å²) in [5.74, 6) is 0. The van der Waals surface area contributed by atoms with Crippen LogP contribution in [0, 0.1) is 0 Å². The SMILES string of the molecule is CC1(C)COCCN1Cc1ccccc1CNC1CC1. The largest absolute Gasteiger partial charge is 0.378 e. The zero-order chi connectivity index (χ0) is 14.0. The van der Waals surface area contributed by atoms with Crippen molar-refractivity contribution in [1.82, 2.24) is 10.2 Å². The smallest absolute Gasteiger partial charge is 0.0645 e. The highest BCUT2D eigenvalue weighted by atomic mass is 16.5. The molecule has 1 saturated carbocycles. The van der Waals surface area contributed by atoms with Crippen LogP contribution in [0.25, 0.3) is 0 Å². The maximum atomic E-state index is 5.62.